The highest BCUT2D eigenvalue weighted by Crippen LogP contribution is 2.42. The second-order valence-corrected chi connectivity index (χ2v) is 8.33. The summed E-state index contributed by atoms with van der Waals surface area (Å²) in [7, 11) is 0. The number of halogens is 2. The van der Waals surface area contributed by atoms with E-state index in [1.807, 2.05) is 20.8 Å². The largest absolute Gasteiger partial charge is 0.507 e. The third kappa shape index (κ3) is 4.17. The number of hydrogen-bond acceptors (Lipinski definition) is 4. The molecule has 0 aromatic heterocycles. The van der Waals surface area contributed by atoms with E-state index in [4.69, 9.17) is 4.74 Å². The van der Waals surface area contributed by atoms with Crippen LogP contribution in [0.3, 0.4) is 0 Å². The van der Waals surface area contributed by atoms with Gasteiger partial charge in [0.15, 0.2) is 11.6 Å². The summed E-state index contributed by atoms with van der Waals surface area (Å²) < 4.78 is 33.3. The topological polar surface area (TPSA) is 66.8 Å². The van der Waals surface area contributed by atoms with Crippen LogP contribution in [0.25, 0.3) is 5.76 Å². The van der Waals surface area contributed by atoms with Crippen LogP contribution in [-0.2, 0) is 9.59 Å². The number of Topliss-reactive ketones (excluding diaryl/α,β-unsaturated/α-hetero) is 1. The van der Waals surface area contributed by atoms with Crippen molar-refractivity contribution in [3.63, 3.8) is 0 Å². The first kappa shape index (κ1) is 23.2. The number of ether oxygens (including phenoxy) is 1. The van der Waals surface area contributed by atoms with E-state index in [2.05, 4.69) is 0 Å². The highest BCUT2D eigenvalue weighted by molar-refractivity contribution is 6.51. The van der Waals surface area contributed by atoms with E-state index < -0.39 is 29.4 Å². The smallest absolute Gasteiger partial charge is 0.300 e. The van der Waals surface area contributed by atoms with Gasteiger partial charge in [-0.25, -0.2) is 8.78 Å². The molecule has 1 unspecified atom stereocenters. The van der Waals surface area contributed by atoms with Crippen LogP contribution in [0.2, 0.25) is 0 Å². The van der Waals surface area contributed by atoms with Gasteiger partial charge in [0.1, 0.15) is 11.5 Å². The molecule has 34 heavy (non-hydrogen) atoms. The summed E-state index contributed by atoms with van der Waals surface area (Å²) in [5.41, 5.74) is 1.47. The van der Waals surface area contributed by atoms with E-state index >= 15 is 0 Å². The van der Waals surface area contributed by atoms with Crippen molar-refractivity contribution >= 4 is 23.1 Å². The molecule has 0 radical (unpaired) electrons. The lowest BCUT2D eigenvalue weighted by molar-refractivity contribution is -0.132. The first-order valence-electron chi connectivity index (χ1n) is 10.8. The highest BCUT2D eigenvalue weighted by atomic mass is 19.2. The van der Waals surface area contributed by atoms with Crippen molar-refractivity contribution in [2.75, 3.05) is 4.90 Å². The van der Waals surface area contributed by atoms with Gasteiger partial charge in [-0.1, -0.05) is 30.3 Å². The number of aliphatic hydroxyl groups excluding tert-OH is 1. The Bertz CT molecular complexity index is 1300. The average molecular weight is 463 g/mol. The van der Waals surface area contributed by atoms with Crippen LogP contribution >= 0.6 is 0 Å². The first-order chi connectivity index (χ1) is 16.2. The molecular formula is C27H23F2NO4. The second-order valence-electron chi connectivity index (χ2n) is 8.33. The molecule has 7 heteroatoms. The van der Waals surface area contributed by atoms with Gasteiger partial charge in [0.2, 0.25) is 0 Å². The van der Waals surface area contributed by atoms with Crippen molar-refractivity contribution in [2.24, 2.45) is 0 Å². The van der Waals surface area contributed by atoms with E-state index in [1.54, 1.807) is 48.5 Å². The minimum Gasteiger partial charge on any atom is -0.507 e. The van der Waals surface area contributed by atoms with Gasteiger partial charge >= 0.3 is 0 Å². The van der Waals surface area contributed by atoms with E-state index in [1.165, 1.54) is 6.07 Å². The van der Waals surface area contributed by atoms with Crippen LogP contribution in [0.4, 0.5) is 14.5 Å². The summed E-state index contributed by atoms with van der Waals surface area (Å²) in [6, 6.07) is 15.5. The molecular weight excluding hydrogens is 440 g/mol. The fourth-order valence-corrected chi connectivity index (χ4v) is 4.02. The van der Waals surface area contributed by atoms with Gasteiger partial charge in [-0.2, -0.15) is 0 Å². The quantitative estimate of drug-likeness (QED) is 0.300. The van der Waals surface area contributed by atoms with Gasteiger partial charge in [-0.05, 0) is 62.2 Å². The fourth-order valence-electron chi connectivity index (χ4n) is 4.02. The number of benzene rings is 3. The van der Waals surface area contributed by atoms with E-state index in [0.717, 1.165) is 22.6 Å². The molecule has 5 nitrogen and oxygen atoms in total. The molecule has 0 bridgehead atoms. The lowest BCUT2D eigenvalue weighted by atomic mass is 9.94. The molecule has 3 aromatic rings. The van der Waals surface area contributed by atoms with Gasteiger partial charge in [0.25, 0.3) is 11.7 Å². The van der Waals surface area contributed by atoms with Gasteiger partial charge in [-0.15, -0.1) is 0 Å². The Morgan fingerprint density at radius 1 is 0.971 bits per heavy atom. The predicted octanol–water partition coefficient (Wildman–Crippen LogP) is 5.69. The molecule has 1 atom stereocenters. The normalized spacial score (nSPS) is 17.5. The molecule has 1 saturated heterocycles. The Morgan fingerprint density at radius 3 is 2.29 bits per heavy atom. The Kier molecular flexibility index (Phi) is 6.20. The summed E-state index contributed by atoms with van der Waals surface area (Å²) in [4.78, 5) is 27.3. The minimum absolute atomic E-state index is 0.00534. The second kappa shape index (κ2) is 9.09. The van der Waals surface area contributed by atoms with E-state index in [0.29, 0.717) is 16.9 Å². The number of carbonyl (C=O) groups excluding carboxylic acids is 2. The van der Waals surface area contributed by atoms with Crippen molar-refractivity contribution in [3.05, 3.63) is 101 Å². The van der Waals surface area contributed by atoms with Gasteiger partial charge in [-0.3, -0.25) is 14.5 Å². The zero-order chi connectivity index (χ0) is 24.6. The van der Waals surface area contributed by atoms with Crippen molar-refractivity contribution in [1.29, 1.82) is 0 Å². The van der Waals surface area contributed by atoms with Crippen molar-refractivity contribution in [2.45, 2.75) is 32.9 Å². The minimum atomic E-state index is -1.15. The Labute approximate surface area is 195 Å². The fraction of sp³-hybridized carbons (Fsp3) is 0.185. The zero-order valence-electron chi connectivity index (χ0n) is 18.9. The van der Waals surface area contributed by atoms with Crippen molar-refractivity contribution < 1.29 is 28.2 Å². The molecule has 1 amide bonds. The predicted molar refractivity (Wildman–Crippen MR) is 125 cm³/mol. The maximum atomic E-state index is 14.0. The number of anilines is 1. The summed E-state index contributed by atoms with van der Waals surface area (Å²) in [6.45, 7) is 5.60. The molecule has 1 fully saturated rings. The van der Waals surface area contributed by atoms with Crippen molar-refractivity contribution in [3.8, 4) is 5.75 Å². The molecule has 1 heterocycles. The maximum absolute atomic E-state index is 14.0. The van der Waals surface area contributed by atoms with E-state index in [9.17, 15) is 23.5 Å². The zero-order valence-corrected chi connectivity index (χ0v) is 18.9. The molecule has 0 spiro atoms. The lowest BCUT2D eigenvalue weighted by Gasteiger charge is -2.25. The summed E-state index contributed by atoms with van der Waals surface area (Å²) in [6.07, 6.45) is -0.0438. The van der Waals surface area contributed by atoms with E-state index in [-0.39, 0.29) is 23.1 Å². The van der Waals surface area contributed by atoms with Crippen LogP contribution < -0.4 is 9.64 Å². The van der Waals surface area contributed by atoms with Crippen LogP contribution in [0.1, 0.15) is 36.6 Å². The number of amides is 1. The third-order valence-electron chi connectivity index (χ3n) is 5.55. The number of nitrogens with zero attached hydrogens (tertiary/aromatic N) is 1. The molecule has 0 aliphatic carbocycles. The van der Waals surface area contributed by atoms with Crippen LogP contribution in [-0.4, -0.2) is 22.9 Å². The SMILES string of the molecule is Cc1cc(/C(O)=C2\C(=O)C(=O)N(c3ccc(F)c(F)c3)C2c2ccccc2)ccc1OC(C)C. The first-order valence-corrected chi connectivity index (χ1v) is 10.8. The number of ketones is 1. The lowest BCUT2D eigenvalue weighted by Crippen LogP contribution is -2.29. The monoisotopic (exact) mass is 463 g/mol. The number of rotatable bonds is 5. The summed E-state index contributed by atoms with van der Waals surface area (Å²) in [5, 5.41) is 11.2. The number of aryl methyl sites for hydroxylation is 1. The van der Waals surface area contributed by atoms with Crippen LogP contribution in [0, 0.1) is 18.6 Å². The van der Waals surface area contributed by atoms with Gasteiger partial charge in [0.05, 0.1) is 17.7 Å². The maximum Gasteiger partial charge on any atom is 0.300 e. The molecule has 4 rings (SSSR count). The molecule has 1 aliphatic heterocycles. The number of hydrogen-bond donors (Lipinski definition) is 1. The average Bonchev–Trinajstić information content (AvgIpc) is 3.07. The Morgan fingerprint density at radius 2 is 1.68 bits per heavy atom. The standard InChI is InChI=1S/C27H23F2NO4/c1-15(2)34-22-12-9-18(13-16(22)3)25(31)23-24(17-7-5-4-6-8-17)30(27(33)26(23)32)19-10-11-20(28)21(29)14-19/h4-15,24,31H,1-3H3/b25-23+. The Balaban J connectivity index is 1.89. The van der Waals surface area contributed by atoms with Crippen LogP contribution in [0.15, 0.2) is 72.3 Å². The van der Waals surface area contributed by atoms with Crippen molar-refractivity contribution in [1.82, 2.24) is 0 Å². The van der Waals surface area contributed by atoms with Crippen LogP contribution in [0.5, 0.6) is 5.75 Å². The molecule has 1 aliphatic rings. The summed E-state index contributed by atoms with van der Waals surface area (Å²) >= 11 is 0. The molecule has 0 saturated carbocycles. The third-order valence-corrected chi connectivity index (χ3v) is 5.55. The molecule has 174 valence electrons. The number of carbonyl (C=O) groups is 2. The number of aliphatic hydroxyl groups is 1. The van der Waals surface area contributed by atoms with Gasteiger partial charge < -0.3 is 9.84 Å². The molecule has 3 aromatic carbocycles. The van der Waals surface area contributed by atoms with Gasteiger partial charge in [0, 0.05) is 17.3 Å². The summed E-state index contributed by atoms with van der Waals surface area (Å²) in [5.74, 6) is -3.82. The highest BCUT2D eigenvalue weighted by Gasteiger charge is 2.47. The Hall–Kier alpha value is -4.00. The molecule has 1 N–H and O–H groups in total.